The number of hydrogen-bond acceptors (Lipinski definition) is 4. The standard InChI is InChI=1S/C21H31N3O4S/c1-5-29(27,28)23-13-19(25)24(18-11-15(2)10-16(3)12-18)21(4,14-23)20(26)22-17-8-6-7-9-17/h10-12,17H,5-9,13-14H2,1-4H3,(H,22,26). The van der Waals surface area contributed by atoms with Gasteiger partial charge in [0.05, 0.1) is 12.3 Å². The van der Waals surface area contributed by atoms with Crippen molar-refractivity contribution in [3.63, 3.8) is 0 Å². The van der Waals surface area contributed by atoms with Gasteiger partial charge in [-0.2, -0.15) is 4.31 Å². The second-order valence-electron chi connectivity index (χ2n) is 8.47. The van der Waals surface area contributed by atoms with Gasteiger partial charge in [-0.15, -0.1) is 0 Å². The Kier molecular flexibility index (Phi) is 6.06. The van der Waals surface area contributed by atoms with Crippen molar-refractivity contribution in [2.24, 2.45) is 0 Å². The van der Waals surface area contributed by atoms with E-state index in [0.29, 0.717) is 5.69 Å². The van der Waals surface area contributed by atoms with Crippen LogP contribution in [0.25, 0.3) is 0 Å². The molecule has 2 aliphatic rings. The Morgan fingerprint density at radius 2 is 1.76 bits per heavy atom. The Balaban J connectivity index is 2.03. The first-order valence-corrected chi connectivity index (χ1v) is 11.9. The molecular weight excluding hydrogens is 390 g/mol. The number of carbonyl (C=O) groups excluding carboxylic acids is 2. The highest BCUT2D eigenvalue weighted by Gasteiger charge is 2.51. The number of anilines is 1. The van der Waals surface area contributed by atoms with E-state index >= 15 is 0 Å². The summed E-state index contributed by atoms with van der Waals surface area (Å²) in [4.78, 5) is 28.1. The molecule has 1 unspecified atom stereocenters. The Labute approximate surface area is 173 Å². The van der Waals surface area contributed by atoms with E-state index in [1.165, 1.54) is 4.90 Å². The van der Waals surface area contributed by atoms with Crippen LogP contribution in [0.3, 0.4) is 0 Å². The molecule has 1 aliphatic carbocycles. The first kappa shape index (κ1) is 21.8. The van der Waals surface area contributed by atoms with E-state index in [-0.39, 0.29) is 36.7 Å². The number of aryl methyl sites for hydroxylation is 2. The van der Waals surface area contributed by atoms with Crippen molar-refractivity contribution < 1.29 is 18.0 Å². The average Bonchev–Trinajstić information content (AvgIpc) is 3.13. The van der Waals surface area contributed by atoms with E-state index in [9.17, 15) is 18.0 Å². The molecule has 29 heavy (non-hydrogen) atoms. The Morgan fingerprint density at radius 3 is 2.31 bits per heavy atom. The third-order valence-corrected chi connectivity index (χ3v) is 7.72. The third-order valence-electron chi connectivity index (χ3n) is 5.94. The second kappa shape index (κ2) is 8.07. The monoisotopic (exact) mass is 421 g/mol. The van der Waals surface area contributed by atoms with Gasteiger partial charge >= 0.3 is 0 Å². The van der Waals surface area contributed by atoms with E-state index in [2.05, 4.69) is 5.32 Å². The van der Waals surface area contributed by atoms with Crippen LogP contribution in [0.2, 0.25) is 0 Å². The Hall–Kier alpha value is -1.93. The number of sulfonamides is 1. The Morgan fingerprint density at radius 1 is 1.17 bits per heavy atom. The molecule has 0 aromatic heterocycles. The first-order valence-electron chi connectivity index (χ1n) is 10.3. The lowest BCUT2D eigenvalue weighted by molar-refractivity contribution is -0.133. The molecule has 0 spiro atoms. The molecule has 1 saturated carbocycles. The highest BCUT2D eigenvalue weighted by molar-refractivity contribution is 7.89. The molecule has 0 radical (unpaired) electrons. The number of piperazine rings is 1. The largest absolute Gasteiger partial charge is 0.351 e. The number of nitrogens with one attached hydrogen (secondary N) is 1. The fourth-order valence-electron chi connectivity index (χ4n) is 4.44. The topological polar surface area (TPSA) is 86.8 Å². The quantitative estimate of drug-likeness (QED) is 0.789. The minimum atomic E-state index is -3.60. The van der Waals surface area contributed by atoms with Gasteiger partial charge in [0, 0.05) is 18.3 Å². The molecule has 1 aromatic carbocycles. The molecule has 1 aliphatic heterocycles. The van der Waals surface area contributed by atoms with E-state index < -0.39 is 15.6 Å². The molecule has 1 aromatic rings. The van der Waals surface area contributed by atoms with Crippen LogP contribution in [0.4, 0.5) is 5.69 Å². The van der Waals surface area contributed by atoms with Crippen molar-refractivity contribution in [1.29, 1.82) is 0 Å². The lowest BCUT2D eigenvalue weighted by Gasteiger charge is -2.47. The lowest BCUT2D eigenvalue weighted by Crippen LogP contribution is -2.70. The smallest absolute Gasteiger partial charge is 0.247 e. The maximum atomic E-state index is 13.4. The maximum Gasteiger partial charge on any atom is 0.247 e. The summed E-state index contributed by atoms with van der Waals surface area (Å²) in [7, 11) is -3.60. The third kappa shape index (κ3) is 4.33. The molecule has 2 amide bonds. The van der Waals surface area contributed by atoms with Crippen molar-refractivity contribution in [3.05, 3.63) is 29.3 Å². The van der Waals surface area contributed by atoms with Gasteiger partial charge in [0.1, 0.15) is 5.54 Å². The van der Waals surface area contributed by atoms with Crippen molar-refractivity contribution in [2.45, 2.75) is 65.0 Å². The predicted molar refractivity (Wildman–Crippen MR) is 113 cm³/mol. The molecule has 1 saturated heterocycles. The van der Waals surface area contributed by atoms with Gasteiger partial charge in [-0.05, 0) is 63.8 Å². The van der Waals surface area contributed by atoms with Crippen LogP contribution >= 0.6 is 0 Å². The fraction of sp³-hybridized carbons (Fsp3) is 0.619. The van der Waals surface area contributed by atoms with E-state index in [1.807, 2.05) is 32.0 Å². The summed E-state index contributed by atoms with van der Waals surface area (Å²) in [5.74, 6) is -0.792. The molecular formula is C21H31N3O4S. The van der Waals surface area contributed by atoms with Crippen molar-refractivity contribution in [1.82, 2.24) is 9.62 Å². The van der Waals surface area contributed by atoms with E-state index in [4.69, 9.17) is 0 Å². The van der Waals surface area contributed by atoms with E-state index in [1.54, 1.807) is 13.8 Å². The lowest BCUT2D eigenvalue weighted by atomic mass is 9.93. The normalized spacial score (nSPS) is 24.1. The molecule has 1 atom stereocenters. The van der Waals surface area contributed by atoms with Crippen LogP contribution in [0, 0.1) is 13.8 Å². The first-order chi connectivity index (χ1) is 13.6. The number of hydrogen-bond donors (Lipinski definition) is 1. The second-order valence-corrected chi connectivity index (χ2v) is 10.7. The molecule has 3 rings (SSSR count). The summed E-state index contributed by atoms with van der Waals surface area (Å²) in [5, 5.41) is 3.07. The van der Waals surface area contributed by atoms with Gasteiger partial charge in [0.25, 0.3) is 0 Å². The molecule has 2 fully saturated rings. The average molecular weight is 422 g/mol. The van der Waals surface area contributed by atoms with Gasteiger partial charge in [0.2, 0.25) is 21.8 Å². The van der Waals surface area contributed by atoms with Gasteiger partial charge in [0.15, 0.2) is 0 Å². The van der Waals surface area contributed by atoms with Crippen LogP contribution in [-0.2, 0) is 19.6 Å². The molecule has 0 bridgehead atoms. The highest BCUT2D eigenvalue weighted by Crippen LogP contribution is 2.32. The van der Waals surface area contributed by atoms with Crippen LogP contribution in [0.5, 0.6) is 0 Å². The Bertz CT molecular complexity index is 888. The zero-order valence-corrected chi connectivity index (χ0v) is 18.5. The van der Waals surface area contributed by atoms with Crippen LogP contribution in [0.15, 0.2) is 18.2 Å². The van der Waals surface area contributed by atoms with Gasteiger partial charge in [-0.25, -0.2) is 8.42 Å². The van der Waals surface area contributed by atoms with Crippen molar-refractivity contribution >= 4 is 27.5 Å². The summed E-state index contributed by atoms with van der Waals surface area (Å²) in [6.07, 6.45) is 3.96. The molecule has 1 heterocycles. The zero-order chi connectivity index (χ0) is 21.4. The SMILES string of the molecule is CCS(=O)(=O)N1CC(=O)N(c2cc(C)cc(C)c2)C(C)(C(=O)NC2CCCC2)C1. The maximum absolute atomic E-state index is 13.4. The van der Waals surface area contributed by atoms with E-state index in [0.717, 1.165) is 41.1 Å². The number of nitrogens with zero attached hydrogens (tertiary/aromatic N) is 2. The summed E-state index contributed by atoms with van der Waals surface area (Å²) in [5.41, 5.74) is 1.27. The fourth-order valence-corrected chi connectivity index (χ4v) is 5.56. The summed E-state index contributed by atoms with van der Waals surface area (Å²) in [6.45, 7) is 6.79. The van der Waals surface area contributed by atoms with Crippen molar-refractivity contribution in [2.75, 3.05) is 23.7 Å². The minimum Gasteiger partial charge on any atom is -0.351 e. The number of carbonyl (C=O) groups is 2. The van der Waals surface area contributed by atoms with Gasteiger partial charge < -0.3 is 5.32 Å². The van der Waals surface area contributed by atoms with Crippen LogP contribution in [0.1, 0.15) is 50.7 Å². The summed E-state index contributed by atoms with van der Waals surface area (Å²) in [6, 6.07) is 5.82. The predicted octanol–water partition coefficient (Wildman–Crippen LogP) is 2.12. The van der Waals surface area contributed by atoms with Crippen LogP contribution in [-0.4, -0.2) is 55.0 Å². The minimum absolute atomic E-state index is 0.0551. The molecule has 160 valence electrons. The number of benzene rings is 1. The molecule has 8 heteroatoms. The number of rotatable bonds is 5. The van der Waals surface area contributed by atoms with Gasteiger partial charge in [-0.3, -0.25) is 14.5 Å². The van der Waals surface area contributed by atoms with Gasteiger partial charge in [-0.1, -0.05) is 18.9 Å². The summed E-state index contributed by atoms with van der Waals surface area (Å²) < 4.78 is 26.2. The summed E-state index contributed by atoms with van der Waals surface area (Å²) >= 11 is 0. The van der Waals surface area contributed by atoms with Crippen LogP contribution < -0.4 is 10.2 Å². The molecule has 7 nitrogen and oxygen atoms in total. The highest BCUT2D eigenvalue weighted by atomic mass is 32.2. The van der Waals surface area contributed by atoms with Crippen molar-refractivity contribution in [3.8, 4) is 0 Å². The zero-order valence-electron chi connectivity index (χ0n) is 17.7. The molecule has 1 N–H and O–H groups in total. The number of amides is 2.